The summed E-state index contributed by atoms with van der Waals surface area (Å²) in [6.45, 7) is 4.24. The van der Waals surface area contributed by atoms with Crippen molar-refractivity contribution in [1.29, 1.82) is 0 Å². The Morgan fingerprint density at radius 2 is 1.82 bits per heavy atom. The van der Waals surface area contributed by atoms with Gasteiger partial charge in [-0.1, -0.05) is 25.0 Å². The largest absolute Gasteiger partial charge is 0.497 e. The van der Waals surface area contributed by atoms with Gasteiger partial charge in [0.15, 0.2) is 0 Å². The van der Waals surface area contributed by atoms with E-state index in [2.05, 4.69) is 16.3 Å². The molecule has 0 radical (unpaired) electrons. The standard InChI is InChI=1S/C32H37N3O5/c1-22-7-12-29(40-22)32(26-10-9-25(39-2)21-28(26)34-15-5-3-4-6-16-34)33-30(36)20-23-8-11-27-24(19-23)13-17-35(27)18-14-31(37)38/h7-13,17,19,21,32H,3-6,14-16,18,20H2,1-2H3,(H,33,36)(H,37,38). The number of aryl methyl sites for hydroxylation is 2. The number of nitrogens with one attached hydrogen (secondary N) is 1. The average Bonchev–Trinajstić information content (AvgIpc) is 3.45. The van der Waals surface area contributed by atoms with Crippen molar-refractivity contribution in [2.45, 2.75) is 58.0 Å². The van der Waals surface area contributed by atoms with Crippen LogP contribution in [0.25, 0.3) is 10.9 Å². The average molecular weight is 544 g/mol. The lowest BCUT2D eigenvalue weighted by Gasteiger charge is -2.29. The predicted molar refractivity (Wildman–Crippen MR) is 155 cm³/mol. The Morgan fingerprint density at radius 1 is 1.02 bits per heavy atom. The van der Waals surface area contributed by atoms with Gasteiger partial charge in [-0.15, -0.1) is 0 Å². The molecule has 0 spiro atoms. The minimum atomic E-state index is -0.827. The van der Waals surface area contributed by atoms with Gasteiger partial charge >= 0.3 is 5.97 Å². The number of aliphatic carboxylic acids is 1. The van der Waals surface area contributed by atoms with Gasteiger partial charge in [0, 0.05) is 48.7 Å². The van der Waals surface area contributed by atoms with Crippen LogP contribution < -0.4 is 15.0 Å². The first kappa shape index (κ1) is 27.4. The molecule has 3 heterocycles. The fraction of sp³-hybridized carbons (Fsp3) is 0.375. The lowest BCUT2D eigenvalue weighted by Crippen LogP contribution is -2.33. The van der Waals surface area contributed by atoms with E-state index in [0.29, 0.717) is 12.3 Å². The quantitative estimate of drug-likeness (QED) is 0.260. The normalized spacial score (nSPS) is 14.6. The molecule has 1 unspecified atom stereocenters. The molecule has 5 rings (SSSR count). The molecule has 8 nitrogen and oxygen atoms in total. The van der Waals surface area contributed by atoms with Gasteiger partial charge in [0.05, 0.1) is 20.0 Å². The molecule has 1 saturated heterocycles. The van der Waals surface area contributed by atoms with E-state index in [4.69, 9.17) is 14.3 Å². The van der Waals surface area contributed by atoms with Gasteiger partial charge in [0.2, 0.25) is 5.91 Å². The van der Waals surface area contributed by atoms with Crippen molar-refractivity contribution in [1.82, 2.24) is 9.88 Å². The molecule has 1 fully saturated rings. The number of rotatable bonds is 10. The summed E-state index contributed by atoms with van der Waals surface area (Å²) in [4.78, 5) is 26.9. The molecule has 0 aliphatic carbocycles. The molecule has 2 aromatic carbocycles. The maximum Gasteiger partial charge on any atom is 0.305 e. The number of amides is 1. The highest BCUT2D eigenvalue weighted by Crippen LogP contribution is 2.36. The van der Waals surface area contributed by atoms with E-state index in [1.54, 1.807) is 7.11 Å². The number of hydrogen-bond acceptors (Lipinski definition) is 5. The number of carbonyl (C=O) groups excluding carboxylic acids is 1. The van der Waals surface area contributed by atoms with Crippen molar-refractivity contribution < 1.29 is 23.8 Å². The fourth-order valence-electron chi connectivity index (χ4n) is 5.56. The Bertz CT molecular complexity index is 1480. The molecule has 1 aliphatic heterocycles. The third kappa shape index (κ3) is 6.33. The summed E-state index contributed by atoms with van der Waals surface area (Å²) >= 11 is 0. The van der Waals surface area contributed by atoms with E-state index < -0.39 is 12.0 Å². The number of fused-ring (bicyclic) bond motifs is 1. The number of carboxylic acid groups (broad SMARTS) is 1. The van der Waals surface area contributed by atoms with E-state index in [-0.39, 0.29) is 18.7 Å². The number of ether oxygens (including phenoxy) is 1. The van der Waals surface area contributed by atoms with Gasteiger partial charge in [-0.2, -0.15) is 0 Å². The predicted octanol–water partition coefficient (Wildman–Crippen LogP) is 5.85. The summed E-state index contributed by atoms with van der Waals surface area (Å²) in [5.41, 5.74) is 3.88. The number of hydrogen-bond donors (Lipinski definition) is 2. The van der Waals surface area contributed by atoms with Crippen molar-refractivity contribution in [2.75, 3.05) is 25.1 Å². The molecule has 40 heavy (non-hydrogen) atoms. The zero-order valence-electron chi connectivity index (χ0n) is 23.2. The molecule has 2 aromatic heterocycles. The SMILES string of the molecule is COc1ccc(C(NC(=O)Cc2ccc3c(ccn3CCC(=O)O)c2)c2ccc(C)o2)c(N2CCCCCC2)c1. The van der Waals surface area contributed by atoms with Gasteiger partial charge in [0.25, 0.3) is 0 Å². The molecule has 2 N–H and O–H groups in total. The van der Waals surface area contributed by atoms with E-state index in [1.165, 1.54) is 12.8 Å². The van der Waals surface area contributed by atoms with Crippen molar-refractivity contribution in [3.05, 3.63) is 83.4 Å². The summed E-state index contributed by atoms with van der Waals surface area (Å²) in [6.07, 6.45) is 6.87. The van der Waals surface area contributed by atoms with E-state index >= 15 is 0 Å². The summed E-state index contributed by atoms with van der Waals surface area (Å²) in [5.74, 6) is 1.33. The molecule has 210 valence electrons. The Balaban J connectivity index is 1.41. The number of furan rings is 1. The van der Waals surface area contributed by atoms with Crippen LogP contribution in [0.15, 0.2) is 65.2 Å². The summed E-state index contributed by atoms with van der Waals surface area (Å²) < 4.78 is 13.6. The fourth-order valence-corrected chi connectivity index (χ4v) is 5.56. The molecule has 1 amide bonds. The minimum Gasteiger partial charge on any atom is -0.497 e. The van der Waals surface area contributed by atoms with Crippen LogP contribution in [0.1, 0.15) is 60.8 Å². The highest BCUT2D eigenvalue weighted by molar-refractivity contribution is 5.84. The number of carboxylic acids is 1. The number of methoxy groups -OCH3 is 1. The first-order valence-electron chi connectivity index (χ1n) is 14.0. The maximum atomic E-state index is 13.5. The lowest BCUT2D eigenvalue weighted by atomic mass is 10.00. The number of aromatic nitrogens is 1. The Morgan fingerprint density at radius 3 is 2.52 bits per heavy atom. The summed E-state index contributed by atoms with van der Waals surface area (Å²) in [7, 11) is 1.67. The van der Waals surface area contributed by atoms with Crippen LogP contribution in [0, 0.1) is 6.92 Å². The van der Waals surface area contributed by atoms with E-state index in [0.717, 1.165) is 65.2 Å². The lowest BCUT2D eigenvalue weighted by molar-refractivity contribution is -0.137. The third-order valence-electron chi connectivity index (χ3n) is 7.61. The van der Waals surface area contributed by atoms with Gasteiger partial charge < -0.3 is 29.0 Å². The first-order chi connectivity index (χ1) is 19.4. The van der Waals surface area contributed by atoms with Gasteiger partial charge in [0.1, 0.15) is 23.3 Å². The van der Waals surface area contributed by atoms with Crippen LogP contribution in [0.3, 0.4) is 0 Å². The monoisotopic (exact) mass is 543 g/mol. The molecular weight excluding hydrogens is 506 g/mol. The van der Waals surface area contributed by atoms with Crippen LogP contribution in [-0.2, 0) is 22.6 Å². The molecule has 4 aromatic rings. The van der Waals surface area contributed by atoms with E-state index in [9.17, 15) is 9.59 Å². The van der Waals surface area contributed by atoms with Crippen LogP contribution >= 0.6 is 0 Å². The molecule has 8 heteroatoms. The molecule has 0 saturated carbocycles. The number of nitrogens with zero attached hydrogens (tertiary/aromatic N) is 2. The van der Waals surface area contributed by atoms with Crippen molar-refractivity contribution >= 4 is 28.5 Å². The maximum absolute atomic E-state index is 13.5. The summed E-state index contributed by atoms with van der Waals surface area (Å²) in [6, 6.07) is 17.3. The van der Waals surface area contributed by atoms with Crippen LogP contribution in [0.4, 0.5) is 5.69 Å². The van der Waals surface area contributed by atoms with Gasteiger partial charge in [-0.25, -0.2) is 0 Å². The number of benzene rings is 2. The van der Waals surface area contributed by atoms with E-state index in [1.807, 2.05) is 66.2 Å². The van der Waals surface area contributed by atoms with Gasteiger partial charge in [-0.05, 0) is 67.1 Å². The highest BCUT2D eigenvalue weighted by Gasteiger charge is 2.26. The smallest absolute Gasteiger partial charge is 0.305 e. The van der Waals surface area contributed by atoms with Crippen molar-refractivity contribution in [3.8, 4) is 5.75 Å². The van der Waals surface area contributed by atoms with Crippen LogP contribution in [-0.4, -0.2) is 41.7 Å². The second-order valence-electron chi connectivity index (χ2n) is 10.5. The van der Waals surface area contributed by atoms with Crippen molar-refractivity contribution in [2.24, 2.45) is 0 Å². The zero-order chi connectivity index (χ0) is 28.1. The Hall–Kier alpha value is -4.20. The Kier molecular flexibility index (Phi) is 8.43. The summed E-state index contributed by atoms with van der Waals surface area (Å²) in [5, 5.41) is 13.3. The topological polar surface area (TPSA) is 96.9 Å². The minimum absolute atomic E-state index is 0.0619. The molecule has 1 atom stereocenters. The first-order valence-corrected chi connectivity index (χ1v) is 14.0. The number of carbonyl (C=O) groups is 2. The van der Waals surface area contributed by atoms with Crippen LogP contribution in [0.2, 0.25) is 0 Å². The second kappa shape index (κ2) is 12.3. The second-order valence-corrected chi connectivity index (χ2v) is 10.5. The third-order valence-corrected chi connectivity index (χ3v) is 7.61. The molecule has 1 aliphatic rings. The van der Waals surface area contributed by atoms with Gasteiger partial charge in [-0.3, -0.25) is 9.59 Å². The number of anilines is 1. The van der Waals surface area contributed by atoms with Crippen LogP contribution in [0.5, 0.6) is 5.75 Å². The highest BCUT2D eigenvalue weighted by atomic mass is 16.5. The molecular formula is C32H37N3O5. The van der Waals surface area contributed by atoms with Crippen molar-refractivity contribution in [3.63, 3.8) is 0 Å². The zero-order valence-corrected chi connectivity index (χ0v) is 23.2. The Labute approximate surface area is 234 Å². The molecule has 0 bridgehead atoms.